The summed E-state index contributed by atoms with van der Waals surface area (Å²) in [5, 5.41) is 11.0. The Morgan fingerprint density at radius 1 is 1.48 bits per heavy atom. The fourth-order valence-electron chi connectivity index (χ4n) is 1.84. The Bertz CT molecular complexity index is 770. The van der Waals surface area contributed by atoms with Crippen molar-refractivity contribution in [1.82, 2.24) is 4.98 Å². The minimum absolute atomic E-state index is 0.0560. The number of methoxy groups -OCH3 is 1. The summed E-state index contributed by atoms with van der Waals surface area (Å²) in [6, 6.07) is 5.14. The highest BCUT2D eigenvalue weighted by molar-refractivity contribution is 7.98. The van der Waals surface area contributed by atoms with Crippen LogP contribution in [0.1, 0.15) is 15.9 Å². The first-order valence-electron chi connectivity index (χ1n) is 6.32. The topological polar surface area (TPSA) is 108 Å². The van der Waals surface area contributed by atoms with Crippen molar-refractivity contribution in [2.24, 2.45) is 5.73 Å². The molecular formula is C14H12FN3O4S. The van der Waals surface area contributed by atoms with E-state index in [0.717, 1.165) is 24.0 Å². The Kier molecular flexibility index (Phi) is 5.12. The lowest BCUT2D eigenvalue weighted by Crippen LogP contribution is -2.13. The Hall–Kier alpha value is -2.68. The third-order valence-corrected chi connectivity index (χ3v) is 3.97. The molecule has 0 spiro atoms. The molecule has 2 aromatic rings. The molecule has 0 atom stereocenters. The third-order valence-electron chi connectivity index (χ3n) is 2.92. The number of nitrogens with zero attached hydrogens (tertiary/aromatic N) is 2. The van der Waals surface area contributed by atoms with Gasteiger partial charge in [0.1, 0.15) is 22.8 Å². The van der Waals surface area contributed by atoms with E-state index in [4.69, 9.17) is 10.5 Å². The van der Waals surface area contributed by atoms with Crippen molar-refractivity contribution in [1.29, 1.82) is 0 Å². The van der Waals surface area contributed by atoms with E-state index in [1.807, 2.05) is 0 Å². The monoisotopic (exact) mass is 337 g/mol. The van der Waals surface area contributed by atoms with Gasteiger partial charge >= 0.3 is 0 Å². The molecule has 0 unspecified atom stereocenters. The van der Waals surface area contributed by atoms with Gasteiger partial charge in [0.15, 0.2) is 0 Å². The minimum atomic E-state index is -0.824. The number of primary amides is 1. The van der Waals surface area contributed by atoms with Gasteiger partial charge in [0.25, 0.3) is 11.6 Å². The summed E-state index contributed by atoms with van der Waals surface area (Å²) < 4.78 is 18.5. The average Bonchev–Trinajstić information content (AvgIpc) is 2.52. The Balaban J connectivity index is 2.28. The maximum Gasteiger partial charge on any atom is 0.288 e. The zero-order valence-electron chi connectivity index (χ0n) is 12.0. The molecule has 0 aliphatic carbocycles. The van der Waals surface area contributed by atoms with E-state index in [2.05, 4.69) is 4.98 Å². The average molecular weight is 337 g/mol. The number of amides is 1. The lowest BCUT2D eigenvalue weighted by Gasteiger charge is -2.09. The highest BCUT2D eigenvalue weighted by Gasteiger charge is 2.17. The van der Waals surface area contributed by atoms with Crippen LogP contribution in [0.2, 0.25) is 0 Å². The zero-order chi connectivity index (χ0) is 17.0. The summed E-state index contributed by atoms with van der Waals surface area (Å²) in [5.74, 6) is -0.504. The summed E-state index contributed by atoms with van der Waals surface area (Å²) in [5.41, 5.74) is 5.41. The molecule has 7 nitrogen and oxygen atoms in total. The second-order valence-corrected chi connectivity index (χ2v) is 5.38. The number of thioether (sulfide) groups is 1. The van der Waals surface area contributed by atoms with Crippen LogP contribution in [0.25, 0.3) is 0 Å². The molecule has 0 fully saturated rings. The van der Waals surface area contributed by atoms with E-state index < -0.39 is 16.6 Å². The molecule has 0 saturated heterocycles. The SMILES string of the molecule is COc1ccc(F)cc1CSc1ncc([N+](=O)[O-])cc1C(N)=O. The van der Waals surface area contributed by atoms with Crippen LogP contribution in [0.4, 0.5) is 10.1 Å². The molecule has 120 valence electrons. The fraction of sp³-hybridized carbons (Fsp3) is 0.143. The molecule has 23 heavy (non-hydrogen) atoms. The Morgan fingerprint density at radius 3 is 2.83 bits per heavy atom. The van der Waals surface area contributed by atoms with Gasteiger partial charge in [0, 0.05) is 17.4 Å². The number of hydrogen-bond acceptors (Lipinski definition) is 6. The van der Waals surface area contributed by atoms with Crippen molar-refractivity contribution >= 4 is 23.4 Å². The predicted molar refractivity (Wildman–Crippen MR) is 81.9 cm³/mol. The van der Waals surface area contributed by atoms with Crippen molar-refractivity contribution < 1.29 is 18.8 Å². The van der Waals surface area contributed by atoms with Crippen LogP contribution in [-0.2, 0) is 5.75 Å². The predicted octanol–water partition coefficient (Wildman–Crippen LogP) is 2.53. The maximum absolute atomic E-state index is 13.3. The highest BCUT2D eigenvalue weighted by atomic mass is 32.2. The highest BCUT2D eigenvalue weighted by Crippen LogP contribution is 2.30. The number of rotatable bonds is 6. The van der Waals surface area contributed by atoms with Gasteiger partial charge in [-0.3, -0.25) is 14.9 Å². The van der Waals surface area contributed by atoms with Gasteiger partial charge in [-0.1, -0.05) is 0 Å². The van der Waals surface area contributed by atoms with Gasteiger partial charge in [-0.2, -0.15) is 0 Å². The van der Waals surface area contributed by atoms with Crippen LogP contribution in [0, 0.1) is 15.9 Å². The number of carbonyl (C=O) groups is 1. The van der Waals surface area contributed by atoms with Gasteiger partial charge in [-0.05, 0) is 18.2 Å². The van der Waals surface area contributed by atoms with Crippen LogP contribution in [0.3, 0.4) is 0 Å². The summed E-state index contributed by atoms with van der Waals surface area (Å²) >= 11 is 1.11. The standard InChI is InChI=1S/C14H12FN3O4S/c1-22-12-3-2-9(15)4-8(12)7-23-14-11(13(16)19)5-10(6-17-14)18(20)21/h2-6H,7H2,1H3,(H2,16,19). The van der Waals surface area contributed by atoms with Gasteiger partial charge < -0.3 is 10.5 Å². The van der Waals surface area contributed by atoms with E-state index in [0.29, 0.717) is 11.3 Å². The summed E-state index contributed by atoms with van der Waals surface area (Å²) in [6.07, 6.45) is 1.04. The van der Waals surface area contributed by atoms with Gasteiger partial charge in [0.2, 0.25) is 0 Å². The zero-order valence-corrected chi connectivity index (χ0v) is 12.8. The summed E-state index contributed by atoms with van der Waals surface area (Å²) in [4.78, 5) is 25.4. The Labute approximate surface area is 134 Å². The Morgan fingerprint density at radius 2 is 2.22 bits per heavy atom. The molecule has 0 saturated carbocycles. The first-order chi connectivity index (χ1) is 10.9. The second-order valence-electron chi connectivity index (χ2n) is 4.41. The number of carbonyl (C=O) groups excluding carboxylic acids is 1. The summed E-state index contributed by atoms with van der Waals surface area (Å²) in [7, 11) is 1.46. The van der Waals surface area contributed by atoms with Gasteiger partial charge in [-0.25, -0.2) is 9.37 Å². The number of hydrogen-bond donors (Lipinski definition) is 1. The molecule has 0 radical (unpaired) electrons. The maximum atomic E-state index is 13.3. The van der Waals surface area contributed by atoms with E-state index in [9.17, 15) is 19.3 Å². The minimum Gasteiger partial charge on any atom is -0.496 e. The van der Waals surface area contributed by atoms with Crippen LogP contribution >= 0.6 is 11.8 Å². The molecule has 1 aromatic carbocycles. The molecule has 2 N–H and O–H groups in total. The molecule has 0 aliphatic heterocycles. The second kappa shape index (κ2) is 7.05. The van der Waals surface area contributed by atoms with E-state index in [1.165, 1.54) is 25.3 Å². The molecule has 9 heteroatoms. The van der Waals surface area contributed by atoms with Crippen molar-refractivity contribution in [3.63, 3.8) is 0 Å². The fourth-order valence-corrected chi connectivity index (χ4v) is 2.80. The quantitative estimate of drug-likeness (QED) is 0.493. The number of ether oxygens (including phenoxy) is 1. The van der Waals surface area contributed by atoms with Crippen LogP contribution in [0.15, 0.2) is 35.5 Å². The smallest absolute Gasteiger partial charge is 0.288 e. The molecular weight excluding hydrogens is 325 g/mol. The van der Waals surface area contributed by atoms with Gasteiger partial charge in [-0.15, -0.1) is 11.8 Å². The normalized spacial score (nSPS) is 10.3. The van der Waals surface area contributed by atoms with Crippen molar-refractivity contribution in [2.45, 2.75) is 10.8 Å². The lowest BCUT2D eigenvalue weighted by molar-refractivity contribution is -0.385. The molecule has 0 aliphatic rings. The number of nitro groups is 1. The molecule has 1 amide bonds. The van der Waals surface area contributed by atoms with Crippen molar-refractivity contribution in [3.05, 3.63) is 57.5 Å². The molecule has 1 heterocycles. The number of benzene rings is 1. The number of halogens is 1. The van der Waals surface area contributed by atoms with E-state index >= 15 is 0 Å². The third kappa shape index (κ3) is 3.95. The molecule has 2 rings (SSSR count). The first kappa shape index (κ1) is 16.7. The molecule has 1 aromatic heterocycles. The largest absolute Gasteiger partial charge is 0.496 e. The lowest BCUT2D eigenvalue weighted by atomic mass is 10.2. The van der Waals surface area contributed by atoms with Crippen molar-refractivity contribution in [3.8, 4) is 5.75 Å². The molecule has 0 bridgehead atoms. The van der Waals surface area contributed by atoms with Crippen LogP contribution in [0.5, 0.6) is 5.75 Å². The van der Waals surface area contributed by atoms with Crippen LogP contribution < -0.4 is 10.5 Å². The van der Waals surface area contributed by atoms with E-state index in [-0.39, 0.29) is 22.0 Å². The number of nitrogens with two attached hydrogens (primary N) is 1. The number of pyridine rings is 1. The first-order valence-corrected chi connectivity index (χ1v) is 7.30. The van der Waals surface area contributed by atoms with E-state index in [1.54, 1.807) is 0 Å². The summed E-state index contributed by atoms with van der Waals surface area (Å²) in [6.45, 7) is 0. The van der Waals surface area contributed by atoms with Crippen LogP contribution in [-0.4, -0.2) is 22.9 Å². The van der Waals surface area contributed by atoms with Crippen molar-refractivity contribution in [2.75, 3.05) is 7.11 Å². The number of aromatic nitrogens is 1. The van der Waals surface area contributed by atoms with Gasteiger partial charge in [0.05, 0.1) is 17.6 Å².